The SMILES string of the molecule is CC(C)(C)C(=O)C=C(O)C(C)(C)C.CC(C)(C)C(=O)C=C(O)C(C)(C)C.CC(C)(C)C(=O)C=C(O)C(C)(C)C.[Mn]. The van der Waals surface area contributed by atoms with E-state index < -0.39 is 16.2 Å². The Labute approximate surface area is 256 Å². The average Bonchev–Trinajstić information content (AvgIpc) is 2.64. The van der Waals surface area contributed by atoms with Crippen molar-refractivity contribution in [2.75, 3.05) is 0 Å². The number of hydrogen-bond acceptors (Lipinski definition) is 6. The second-order valence-electron chi connectivity index (χ2n) is 16.2. The maximum absolute atomic E-state index is 11.5. The van der Waals surface area contributed by atoms with E-state index in [1.807, 2.05) is 125 Å². The van der Waals surface area contributed by atoms with Crippen LogP contribution in [0, 0.1) is 32.5 Å². The number of carbonyl (C=O) groups is 3. The molecule has 0 aliphatic rings. The minimum absolute atomic E-state index is 0. The molecule has 40 heavy (non-hydrogen) atoms. The fourth-order valence-corrected chi connectivity index (χ4v) is 1.67. The van der Waals surface area contributed by atoms with Crippen LogP contribution in [0.5, 0.6) is 0 Å². The van der Waals surface area contributed by atoms with Crippen molar-refractivity contribution in [1.29, 1.82) is 0 Å². The Kier molecular flexibility index (Phi) is 18.0. The maximum atomic E-state index is 11.5. The second kappa shape index (κ2) is 16.0. The van der Waals surface area contributed by atoms with E-state index in [2.05, 4.69) is 0 Å². The standard InChI is InChI=1S/3C11H20O2.Mn/c3*1-10(2,3)8(12)7-9(13)11(4,5)6;/h3*7,12H,1-6H3;. The number of aliphatic hydroxyl groups is 3. The van der Waals surface area contributed by atoms with Crippen molar-refractivity contribution in [2.45, 2.75) is 125 Å². The summed E-state index contributed by atoms with van der Waals surface area (Å²) in [5, 5.41) is 28.7. The van der Waals surface area contributed by atoms with Gasteiger partial charge in [-0.05, 0) is 0 Å². The predicted molar refractivity (Wildman–Crippen MR) is 164 cm³/mol. The number of aliphatic hydroxyl groups excluding tert-OH is 3. The molecule has 7 heteroatoms. The molecule has 1 radical (unpaired) electrons. The van der Waals surface area contributed by atoms with E-state index in [9.17, 15) is 29.7 Å². The van der Waals surface area contributed by atoms with Crippen molar-refractivity contribution in [3.05, 3.63) is 35.5 Å². The average molecular weight is 608 g/mol. The third kappa shape index (κ3) is 21.0. The molecule has 0 aliphatic heterocycles. The van der Waals surface area contributed by atoms with Gasteiger partial charge in [0.25, 0.3) is 0 Å². The van der Waals surface area contributed by atoms with E-state index in [4.69, 9.17) is 0 Å². The molecule has 0 unspecified atom stereocenters. The van der Waals surface area contributed by atoms with Crippen LogP contribution in [0.4, 0.5) is 0 Å². The largest absolute Gasteiger partial charge is 0.512 e. The molecule has 0 rings (SSSR count). The monoisotopic (exact) mass is 607 g/mol. The Balaban J connectivity index is -0.000000240. The van der Waals surface area contributed by atoms with Gasteiger partial charge in [-0.2, -0.15) is 0 Å². The smallest absolute Gasteiger partial charge is 0.164 e. The molecule has 0 spiro atoms. The molecule has 0 atom stereocenters. The zero-order chi connectivity index (χ0) is 32.6. The maximum Gasteiger partial charge on any atom is 0.164 e. The van der Waals surface area contributed by atoms with Gasteiger partial charge in [-0.3, -0.25) is 14.4 Å². The topological polar surface area (TPSA) is 112 Å². The van der Waals surface area contributed by atoms with Gasteiger partial charge in [0.1, 0.15) is 17.3 Å². The summed E-state index contributed by atoms with van der Waals surface area (Å²) in [5.41, 5.74) is -2.29. The predicted octanol–water partition coefficient (Wildman–Crippen LogP) is 9.27. The number of allylic oxidation sites excluding steroid dienone is 6. The quantitative estimate of drug-likeness (QED) is 0.167. The number of ketones is 3. The molecule has 0 aliphatic carbocycles. The van der Waals surface area contributed by atoms with Crippen molar-refractivity contribution in [3.8, 4) is 0 Å². The first-order valence-corrected chi connectivity index (χ1v) is 13.5. The van der Waals surface area contributed by atoms with Gasteiger partial charge in [-0.1, -0.05) is 125 Å². The van der Waals surface area contributed by atoms with Gasteiger partial charge in [0.05, 0.1) is 0 Å². The normalized spacial score (nSPS) is 14.1. The van der Waals surface area contributed by atoms with Crippen LogP contribution in [0.25, 0.3) is 0 Å². The van der Waals surface area contributed by atoms with Crippen LogP contribution < -0.4 is 0 Å². The Morgan fingerprint density at radius 2 is 0.475 bits per heavy atom. The zero-order valence-electron chi connectivity index (χ0n) is 28.7. The van der Waals surface area contributed by atoms with Crippen LogP contribution in [0.1, 0.15) is 125 Å². The molecule has 235 valence electrons. The molecule has 0 aromatic carbocycles. The summed E-state index contributed by atoms with van der Waals surface area (Å²) >= 11 is 0. The third-order valence-corrected chi connectivity index (χ3v) is 5.33. The molecule has 0 saturated heterocycles. The minimum atomic E-state index is -0.417. The van der Waals surface area contributed by atoms with Crippen molar-refractivity contribution < 1.29 is 46.8 Å². The number of hydrogen-bond donors (Lipinski definition) is 3. The van der Waals surface area contributed by atoms with Crippen LogP contribution in [0.2, 0.25) is 0 Å². The summed E-state index contributed by atoms with van der Waals surface area (Å²) in [5.74, 6) is 0.312. The molecule has 0 amide bonds. The first-order valence-electron chi connectivity index (χ1n) is 13.5. The second-order valence-corrected chi connectivity index (χ2v) is 16.2. The summed E-state index contributed by atoms with van der Waals surface area (Å²) in [6, 6.07) is 0. The van der Waals surface area contributed by atoms with Gasteiger partial charge in [0.15, 0.2) is 17.3 Å². The molecule has 0 bridgehead atoms. The first kappa shape index (κ1) is 45.1. The van der Waals surface area contributed by atoms with Gasteiger partial charge < -0.3 is 15.3 Å². The van der Waals surface area contributed by atoms with Gasteiger partial charge in [-0.25, -0.2) is 0 Å². The Bertz CT molecular complexity index is 801. The van der Waals surface area contributed by atoms with Crippen LogP contribution in [0.3, 0.4) is 0 Å². The zero-order valence-corrected chi connectivity index (χ0v) is 29.9. The summed E-state index contributed by atoms with van der Waals surface area (Å²) in [4.78, 5) is 34.5. The molecule has 0 aromatic rings. The summed E-state index contributed by atoms with van der Waals surface area (Å²) in [6.07, 6.45) is 4.00. The fourth-order valence-electron chi connectivity index (χ4n) is 1.67. The van der Waals surface area contributed by atoms with E-state index in [1.165, 1.54) is 18.2 Å². The third-order valence-electron chi connectivity index (χ3n) is 5.33. The first-order chi connectivity index (χ1) is 16.6. The van der Waals surface area contributed by atoms with E-state index in [0.29, 0.717) is 0 Å². The minimum Gasteiger partial charge on any atom is -0.512 e. The molecule has 3 N–H and O–H groups in total. The van der Waals surface area contributed by atoms with Crippen LogP contribution >= 0.6 is 0 Å². The molecule has 0 aromatic heterocycles. The van der Waals surface area contributed by atoms with Gasteiger partial charge in [0, 0.05) is 67.8 Å². The molecule has 0 heterocycles. The van der Waals surface area contributed by atoms with Crippen LogP contribution in [-0.2, 0) is 31.5 Å². The Morgan fingerprint density at radius 1 is 0.350 bits per heavy atom. The summed E-state index contributed by atoms with van der Waals surface area (Å²) < 4.78 is 0. The molecular weight excluding hydrogens is 547 g/mol. The summed E-state index contributed by atoms with van der Waals surface area (Å²) in [6.45, 7) is 33.3. The van der Waals surface area contributed by atoms with Crippen molar-refractivity contribution >= 4 is 17.3 Å². The Morgan fingerprint density at radius 3 is 0.550 bits per heavy atom. The van der Waals surface area contributed by atoms with Gasteiger partial charge in [0.2, 0.25) is 0 Å². The Hall–Kier alpha value is -1.85. The van der Waals surface area contributed by atoms with Crippen molar-refractivity contribution in [2.24, 2.45) is 32.5 Å². The van der Waals surface area contributed by atoms with Gasteiger partial charge >= 0.3 is 0 Å². The van der Waals surface area contributed by atoms with Crippen molar-refractivity contribution in [1.82, 2.24) is 0 Å². The van der Waals surface area contributed by atoms with E-state index in [1.54, 1.807) is 0 Å². The number of rotatable bonds is 3. The fraction of sp³-hybridized carbons (Fsp3) is 0.727. The van der Waals surface area contributed by atoms with Crippen molar-refractivity contribution in [3.63, 3.8) is 0 Å². The van der Waals surface area contributed by atoms with E-state index >= 15 is 0 Å². The van der Waals surface area contributed by atoms with E-state index in [-0.39, 0.29) is 67.9 Å². The van der Waals surface area contributed by atoms with E-state index in [0.717, 1.165) is 0 Å². The van der Waals surface area contributed by atoms with Crippen LogP contribution in [0.15, 0.2) is 35.5 Å². The molecule has 0 saturated carbocycles. The summed E-state index contributed by atoms with van der Waals surface area (Å²) in [7, 11) is 0. The van der Waals surface area contributed by atoms with Crippen LogP contribution in [-0.4, -0.2) is 32.7 Å². The molecule has 0 fully saturated rings. The number of carbonyl (C=O) groups excluding carboxylic acids is 3. The molecular formula is C33H60MnO6. The molecule has 6 nitrogen and oxygen atoms in total. The van der Waals surface area contributed by atoms with Gasteiger partial charge in [-0.15, -0.1) is 0 Å².